The topological polar surface area (TPSA) is 49.7 Å². The first-order valence-electron chi connectivity index (χ1n) is 7.74. The van der Waals surface area contributed by atoms with Crippen molar-refractivity contribution in [1.82, 2.24) is 0 Å². The summed E-state index contributed by atoms with van der Waals surface area (Å²) in [5, 5.41) is 9.35. The first kappa shape index (κ1) is 16.9. The largest absolute Gasteiger partial charge is 0.481 e. The molecule has 23 heavy (non-hydrogen) atoms. The maximum absolute atomic E-state index is 11.4. The second kappa shape index (κ2) is 6.78. The van der Waals surface area contributed by atoms with Crippen molar-refractivity contribution in [1.29, 1.82) is 0 Å². The Morgan fingerprint density at radius 3 is 2.00 bits per heavy atom. The van der Waals surface area contributed by atoms with Crippen LogP contribution in [0.2, 0.25) is 0 Å². The molecule has 0 heterocycles. The van der Waals surface area contributed by atoms with Gasteiger partial charge in [-0.05, 0) is 16.7 Å². The van der Waals surface area contributed by atoms with Gasteiger partial charge in [-0.25, -0.2) is 0 Å². The van der Waals surface area contributed by atoms with Gasteiger partial charge in [-0.15, -0.1) is 0 Å². The molecule has 2 aromatic carbocycles. The van der Waals surface area contributed by atoms with Gasteiger partial charge in [0.05, 0.1) is 5.92 Å². The van der Waals surface area contributed by atoms with E-state index >= 15 is 0 Å². The zero-order valence-corrected chi connectivity index (χ0v) is 14.1. The Morgan fingerprint density at radius 1 is 1.00 bits per heavy atom. The highest BCUT2D eigenvalue weighted by Crippen LogP contribution is 2.32. The number of carboxylic acid groups (broad SMARTS) is 1. The van der Waals surface area contributed by atoms with E-state index in [2.05, 4.69) is 29.3 Å². The highest BCUT2D eigenvalue weighted by Gasteiger charge is 2.36. The Kier molecular flexibility index (Phi) is 4.99. The SMILES string of the molecule is CN=C(c1ccc(-c2ccccc2)cc1)C(C)(C)C(C)C(=O)O. The molecule has 0 aliphatic rings. The number of carboxylic acids is 1. The average Bonchev–Trinajstić information content (AvgIpc) is 2.56. The van der Waals surface area contributed by atoms with Gasteiger partial charge < -0.3 is 5.11 Å². The van der Waals surface area contributed by atoms with Crippen LogP contribution in [0.5, 0.6) is 0 Å². The molecule has 3 nitrogen and oxygen atoms in total. The van der Waals surface area contributed by atoms with Crippen LogP contribution in [-0.2, 0) is 4.79 Å². The van der Waals surface area contributed by atoms with Crippen LogP contribution in [0.15, 0.2) is 59.6 Å². The predicted molar refractivity (Wildman–Crippen MR) is 94.9 cm³/mol. The molecule has 0 fully saturated rings. The van der Waals surface area contributed by atoms with Crippen molar-refractivity contribution in [3.63, 3.8) is 0 Å². The van der Waals surface area contributed by atoms with E-state index in [0.717, 1.165) is 22.4 Å². The van der Waals surface area contributed by atoms with E-state index in [4.69, 9.17) is 0 Å². The molecule has 1 atom stereocenters. The molecule has 0 aliphatic heterocycles. The van der Waals surface area contributed by atoms with Gasteiger partial charge in [0.25, 0.3) is 0 Å². The molecule has 2 rings (SSSR count). The van der Waals surface area contributed by atoms with Gasteiger partial charge in [0, 0.05) is 18.2 Å². The molecule has 0 aromatic heterocycles. The summed E-state index contributed by atoms with van der Waals surface area (Å²) >= 11 is 0. The molecule has 1 unspecified atom stereocenters. The Balaban J connectivity index is 2.35. The van der Waals surface area contributed by atoms with E-state index in [1.165, 1.54) is 0 Å². The summed E-state index contributed by atoms with van der Waals surface area (Å²) in [6, 6.07) is 18.3. The Hall–Kier alpha value is -2.42. The highest BCUT2D eigenvalue weighted by molar-refractivity contribution is 6.06. The number of aliphatic carboxylic acids is 1. The summed E-state index contributed by atoms with van der Waals surface area (Å²) in [5.41, 5.74) is 3.52. The van der Waals surface area contributed by atoms with Crippen LogP contribution in [-0.4, -0.2) is 23.8 Å². The Morgan fingerprint density at radius 2 is 1.52 bits per heavy atom. The normalized spacial score (nSPS) is 13.7. The molecule has 2 aromatic rings. The molecule has 0 radical (unpaired) electrons. The maximum atomic E-state index is 11.4. The molecule has 3 heteroatoms. The number of nitrogens with zero attached hydrogens (tertiary/aromatic N) is 1. The summed E-state index contributed by atoms with van der Waals surface area (Å²) < 4.78 is 0. The van der Waals surface area contributed by atoms with Crippen molar-refractivity contribution < 1.29 is 9.90 Å². The number of rotatable bonds is 5. The molecular formula is C20H23NO2. The van der Waals surface area contributed by atoms with E-state index < -0.39 is 17.3 Å². The van der Waals surface area contributed by atoms with Gasteiger partial charge in [0.15, 0.2) is 0 Å². The van der Waals surface area contributed by atoms with Crippen LogP contribution in [0.3, 0.4) is 0 Å². The molecular weight excluding hydrogens is 286 g/mol. The third-order valence-corrected chi connectivity index (χ3v) is 4.55. The minimum Gasteiger partial charge on any atom is -0.481 e. The molecule has 0 saturated heterocycles. The van der Waals surface area contributed by atoms with Crippen LogP contribution < -0.4 is 0 Å². The van der Waals surface area contributed by atoms with E-state index in [9.17, 15) is 9.90 Å². The average molecular weight is 309 g/mol. The zero-order chi connectivity index (χ0) is 17.0. The fourth-order valence-electron chi connectivity index (χ4n) is 2.75. The quantitative estimate of drug-likeness (QED) is 0.826. The van der Waals surface area contributed by atoms with Crippen LogP contribution in [0.1, 0.15) is 26.3 Å². The summed E-state index contributed by atoms with van der Waals surface area (Å²) in [4.78, 5) is 15.8. The minimum atomic E-state index is -0.808. The van der Waals surface area contributed by atoms with Crippen LogP contribution in [0.4, 0.5) is 0 Å². The van der Waals surface area contributed by atoms with Crippen molar-refractivity contribution in [2.75, 3.05) is 7.05 Å². The number of aliphatic imine (C=N–C) groups is 1. The van der Waals surface area contributed by atoms with Crippen LogP contribution >= 0.6 is 0 Å². The fraction of sp³-hybridized carbons (Fsp3) is 0.300. The Bertz CT molecular complexity index is 700. The van der Waals surface area contributed by atoms with Gasteiger partial charge in [0.2, 0.25) is 0 Å². The smallest absolute Gasteiger partial charge is 0.307 e. The molecule has 0 saturated carbocycles. The van der Waals surface area contributed by atoms with Gasteiger partial charge in [-0.2, -0.15) is 0 Å². The van der Waals surface area contributed by atoms with Crippen LogP contribution in [0, 0.1) is 11.3 Å². The second-order valence-corrected chi connectivity index (χ2v) is 6.30. The lowest BCUT2D eigenvalue weighted by Crippen LogP contribution is -2.36. The van der Waals surface area contributed by atoms with E-state index in [0.29, 0.717) is 0 Å². The van der Waals surface area contributed by atoms with E-state index in [1.807, 2.05) is 44.2 Å². The zero-order valence-electron chi connectivity index (χ0n) is 14.1. The molecule has 0 aliphatic carbocycles. The second-order valence-electron chi connectivity index (χ2n) is 6.30. The fourth-order valence-corrected chi connectivity index (χ4v) is 2.75. The summed E-state index contributed by atoms with van der Waals surface area (Å²) in [6.45, 7) is 5.59. The maximum Gasteiger partial charge on any atom is 0.307 e. The molecule has 0 amide bonds. The number of hydrogen-bond acceptors (Lipinski definition) is 2. The number of benzene rings is 2. The van der Waals surface area contributed by atoms with E-state index in [1.54, 1.807) is 14.0 Å². The highest BCUT2D eigenvalue weighted by atomic mass is 16.4. The standard InChI is InChI=1S/C20H23NO2/c1-14(19(22)23)20(2,3)18(21-4)17-12-10-16(11-13-17)15-8-6-5-7-9-15/h5-14H,1-4H3,(H,22,23). The first-order chi connectivity index (χ1) is 10.9. The lowest BCUT2D eigenvalue weighted by molar-refractivity contribution is -0.143. The summed E-state index contributed by atoms with van der Waals surface area (Å²) in [7, 11) is 1.72. The lowest BCUT2D eigenvalue weighted by Gasteiger charge is -2.31. The van der Waals surface area contributed by atoms with Gasteiger partial charge in [-0.3, -0.25) is 9.79 Å². The number of hydrogen-bond donors (Lipinski definition) is 1. The minimum absolute atomic E-state index is 0.519. The molecule has 0 bridgehead atoms. The van der Waals surface area contributed by atoms with Gasteiger partial charge in [0.1, 0.15) is 0 Å². The van der Waals surface area contributed by atoms with E-state index in [-0.39, 0.29) is 0 Å². The van der Waals surface area contributed by atoms with Gasteiger partial charge in [-0.1, -0.05) is 75.4 Å². The van der Waals surface area contributed by atoms with Crippen molar-refractivity contribution in [3.05, 3.63) is 60.2 Å². The monoisotopic (exact) mass is 309 g/mol. The predicted octanol–water partition coefficient (Wildman–Crippen LogP) is 4.52. The molecule has 1 N–H and O–H groups in total. The number of carbonyl (C=O) groups is 1. The van der Waals surface area contributed by atoms with Crippen molar-refractivity contribution in [3.8, 4) is 11.1 Å². The lowest BCUT2D eigenvalue weighted by atomic mass is 9.73. The van der Waals surface area contributed by atoms with Crippen molar-refractivity contribution in [2.24, 2.45) is 16.3 Å². The van der Waals surface area contributed by atoms with Crippen molar-refractivity contribution >= 4 is 11.7 Å². The van der Waals surface area contributed by atoms with Crippen LogP contribution in [0.25, 0.3) is 11.1 Å². The third-order valence-electron chi connectivity index (χ3n) is 4.55. The van der Waals surface area contributed by atoms with Gasteiger partial charge >= 0.3 is 5.97 Å². The molecule has 120 valence electrons. The summed E-state index contributed by atoms with van der Waals surface area (Å²) in [5.74, 6) is -1.33. The Labute approximate surface area is 137 Å². The summed E-state index contributed by atoms with van der Waals surface area (Å²) in [6.07, 6.45) is 0. The third kappa shape index (κ3) is 3.50. The van der Waals surface area contributed by atoms with Crippen molar-refractivity contribution in [2.45, 2.75) is 20.8 Å². The first-order valence-corrected chi connectivity index (χ1v) is 7.74. The molecule has 0 spiro atoms.